The summed E-state index contributed by atoms with van der Waals surface area (Å²) in [7, 11) is 0. The van der Waals surface area contributed by atoms with Crippen LogP contribution in [0.3, 0.4) is 0 Å². The molecule has 6 heteroatoms. The molecule has 0 radical (unpaired) electrons. The van der Waals surface area contributed by atoms with E-state index in [1.165, 1.54) is 11.8 Å². The number of carbonyl (C=O) groups excluding carboxylic acids is 1. The molecule has 1 aliphatic rings. The molecule has 1 aliphatic heterocycles. The van der Waals surface area contributed by atoms with Gasteiger partial charge in [0.05, 0.1) is 10.6 Å². The highest BCUT2D eigenvalue weighted by molar-refractivity contribution is 8.26. The molecule has 0 bridgehead atoms. The lowest BCUT2D eigenvalue weighted by Crippen LogP contribution is -2.27. The first kappa shape index (κ1) is 18.6. The lowest BCUT2D eigenvalue weighted by molar-refractivity contribution is -0.121. The van der Waals surface area contributed by atoms with Crippen molar-refractivity contribution in [3.8, 4) is 5.75 Å². The second kappa shape index (κ2) is 8.01. The molecule has 3 rings (SSSR count). The van der Waals surface area contributed by atoms with Crippen molar-refractivity contribution in [2.24, 2.45) is 0 Å². The number of carbonyl (C=O) groups is 1. The van der Waals surface area contributed by atoms with Crippen LogP contribution in [0.15, 0.2) is 41.4 Å². The van der Waals surface area contributed by atoms with Crippen LogP contribution >= 0.6 is 24.0 Å². The molecular formula is C20H20N2O2S2. The van der Waals surface area contributed by atoms with E-state index in [1.54, 1.807) is 11.1 Å². The van der Waals surface area contributed by atoms with E-state index < -0.39 is 0 Å². The number of likely N-dealkylation sites (N-methyl/N-ethyl adjacent to an activating group) is 1. The van der Waals surface area contributed by atoms with Crippen LogP contribution in [0.1, 0.15) is 29.3 Å². The maximum Gasteiger partial charge on any atom is 0.266 e. The van der Waals surface area contributed by atoms with Crippen molar-refractivity contribution in [3.05, 3.63) is 63.8 Å². The smallest absolute Gasteiger partial charge is 0.266 e. The van der Waals surface area contributed by atoms with Crippen LogP contribution in [0.25, 0.3) is 6.08 Å². The Balaban J connectivity index is 1.80. The average Bonchev–Trinajstić information content (AvgIpc) is 2.88. The van der Waals surface area contributed by atoms with Gasteiger partial charge in [-0.2, -0.15) is 0 Å². The Labute approximate surface area is 163 Å². The van der Waals surface area contributed by atoms with E-state index >= 15 is 0 Å². The van der Waals surface area contributed by atoms with Gasteiger partial charge < -0.3 is 4.74 Å². The average molecular weight is 385 g/mol. The summed E-state index contributed by atoms with van der Waals surface area (Å²) >= 11 is 6.62. The molecule has 26 heavy (non-hydrogen) atoms. The fourth-order valence-electron chi connectivity index (χ4n) is 2.85. The number of ether oxygens (including phenoxy) is 1. The Hall–Kier alpha value is -2.18. The summed E-state index contributed by atoms with van der Waals surface area (Å²) in [6.07, 6.45) is 3.66. The van der Waals surface area contributed by atoms with E-state index in [2.05, 4.69) is 4.98 Å². The normalized spacial score (nSPS) is 15.8. The summed E-state index contributed by atoms with van der Waals surface area (Å²) in [5, 5.41) is 0. The van der Waals surface area contributed by atoms with E-state index in [0.717, 1.165) is 28.1 Å². The van der Waals surface area contributed by atoms with E-state index in [0.29, 0.717) is 22.4 Å². The second-order valence-electron chi connectivity index (χ2n) is 6.02. The first-order chi connectivity index (χ1) is 12.5. The predicted octanol–water partition coefficient (Wildman–Crippen LogP) is 4.50. The number of aromatic nitrogens is 1. The summed E-state index contributed by atoms with van der Waals surface area (Å²) in [5.41, 5.74) is 3.91. The van der Waals surface area contributed by atoms with Gasteiger partial charge >= 0.3 is 0 Å². The van der Waals surface area contributed by atoms with E-state index in [9.17, 15) is 4.79 Å². The predicted molar refractivity (Wildman–Crippen MR) is 110 cm³/mol. The zero-order valence-corrected chi connectivity index (χ0v) is 16.6. The Bertz CT molecular complexity index is 856. The molecule has 2 aromatic rings. The van der Waals surface area contributed by atoms with Crippen LogP contribution in [-0.4, -0.2) is 26.7 Å². The number of thioether (sulfide) groups is 1. The SMILES string of the molecule is CCN1C(=O)/C(=C\c2cc(C)c(OCc3ccccn3)c(C)c2)SC1=S. The Morgan fingerprint density at radius 3 is 2.58 bits per heavy atom. The number of pyridine rings is 1. The van der Waals surface area contributed by atoms with E-state index in [1.807, 2.05) is 57.2 Å². The van der Waals surface area contributed by atoms with Gasteiger partial charge in [-0.25, -0.2) is 0 Å². The number of hydrogen-bond donors (Lipinski definition) is 0. The van der Waals surface area contributed by atoms with Gasteiger partial charge in [-0.1, -0.05) is 30.0 Å². The van der Waals surface area contributed by atoms with Crippen molar-refractivity contribution in [2.75, 3.05) is 6.54 Å². The van der Waals surface area contributed by atoms with Crippen LogP contribution in [-0.2, 0) is 11.4 Å². The molecular weight excluding hydrogens is 364 g/mol. The van der Waals surface area contributed by atoms with Crippen LogP contribution < -0.4 is 4.74 Å². The van der Waals surface area contributed by atoms with Crippen LogP contribution in [0, 0.1) is 13.8 Å². The number of aryl methyl sites for hydroxylation is 2. The minimum atomic E-state index is -0.0201. The van der Waals surface area contributed by atoms with E-state index in [-0.39, 0.29) is 5.91 Å². The number of benzene rings is 1. The van der Waals surface area contributed by atoms with Gasteiger partial charge in [-0.15, -0.1) is 0 Å². The highest BCUT2D eigenvalue weighted by atomic mass is 32.2. The van der Waals surface area contributed by atoms with Crippen molar-refractivity contribution in [1.29, 1.82) is 0 Å². The van der Waals surface area contributed by atoms with Gasteiger partial charge in [0.1, 0.15) is 16.7 Å². The maximum atomic E-state index is 12.4. The quantitative estimate of drug-likeness (QED) is 0.561. The summed E-state index contributed by atoms with van der Waals surface area (Å²) < 4.78 is 6.58. The molecule has 1 saturated heterocycles. The largest absolute Gasteiger partial charge is 0.487 e. The summed E-state index contributed by atoms with van der Waals surface area (Å²) in [6, 6.07) is 9.82. The summed E-state index contributed by atoms with van der Waals surface area (Å²) in [6.45, 7) is 6.97. The van der Waals surface area contributed by atoms with Crippen molar-refractivity contribution < 1.29 is 9.53 Å². The van der Waals surface area contributed by atoms with Gasteiger partial charge in [0.2, 0.25) is 0 Å². The molecule has 1 aromatic carbocycles. The van der Waals surface area contributed by atoms with Crippen molar-refractivity contribution in [2.45, 2.75) is 27.4 Å². The van der Waals surface area contributed by atoms with Crippen LogP contribution in [0.5, 0.6) is 5.75 Å². The lowest BCUT2D eigenvalue weighted by atomic mass is 10.1. The molecule has 134 valence electrons. The maximum absolute atomic E-state index is 12.4. The molecule has 0 N–H and O–H groups in total. The highest BCUT2D eigenvalue weighted by Crippen LogP contribution is 2.33. The van der Waals surface area contributed by atoms with Gasteiger partial charge in [0, 0.05) is 12.7 Å². The third-order valence-electron chi connectivity index (χ3n) is 4.06. The van der Waals surface area contributed by atoms with Crippen LogP contribution in [0.4, 0.5) is 0 Å². The molecule has 2 heterocycles. The van der Waals surface area contributed by atoms with Crippen molar-refractivity contribution >= 4 is 40.3 Å². The number of hydrogen-bond acceptors (Lipinski definition) is 5. The monoisotopic (exact) mass is 384 g/mol. The zero-order valence-electron chi connectivity index (χ0n) is 15.0. The molecule has 0 unspecified atom stereocenters. The first-order valence-electron chi connectivity index (χ1n) is 8.39. The molecule has 4 nitrogen and oxygen atoms in total. The molecule has 0 aliphatic carbocycles. The van der Waals surface area contributed by atoms with Crippen molar-refractivity contribution in [3.63, 3.8) is 0 Å². The number of rotatable bonds is 5. The summed E-state index contributed by atoms with van der Waals surface area (Å²) in [5.74, 6) is 0.835. The van der Waals surface area contributed by atoms with Gasteiger partial charge in [0.15, 0.2) is 0 Å². The van der Waals surface area contributed by atoms with Gasteiger partial charge in [-0.3, -0.25) is 14.7 Å². The molecule has 1 amide bonds. The third-order valence-corrected chi connectivity index (χ3v) is 5.44. The fourth-order valence-corrected chi connectivity index (χ4v) is 4.23. The highest BCUT2D eigenvalue weighted by Gasteiger charge is 2.30. The van der Waals surface area contributed by atoms with Crippen LogP contribution in [0.2, 0.25) is 0 Å². The van der Waals surface area contributed by atoms with Gasteiger partial charge in [-0.05, 0) is 67.8 Å². The zero-order chi connectivity index (χ0) is 18.7. The Kier molecular flexibility index (Phi) is 5.74. The number of thiocarbonyl (C=S) groups is 1. The third kappa shape index (κ3) is 3.97. The van der Waals surface area contributed by atoms with E-state index in [4.69, 9.17) is 17.0 Å². The minimum Gasteiger partial charge on any atom is -0.487 e. The second-order valence-corrected chi connectivity index (χ2v) is 7.70. The Morgan fingerprint density at radius 1 is 1.27 bits per heavy atom. The number of nitrogens with zero attached hydrogens (tertiary/aromatic N) is 2. The standard InChI is InChI=1S/C20H20N2O2S2/c1-4-22-19(23)17(26-20(22)25)11-15-9-13(2)18(14(3)10-15)24-12-16-7-5-6-8-21-16/h5-11H,4,12H2,1-3H3/b17-11+. The molecule has 1 fully saturated rings. The molecule has 0 atom stereocenters. The number of amides is 1. The first-order valence-corrected chi connectivity index (χ1v) is 9.61. The molecule has 0 spiro atoms. The minimum absolute atomic E-state index is 0.0201. The Morgan fingerprint density at radius 2 is 2.00 bits per heavy atom. The fraction of sp³-hybridized carbons (Fsp3) is 0.250. The molecule has 1 aromatic heterocycles. The summed E-state index contributed by atoms with van der Waals surface area (Å²) in [4.78, 5) is 18.9. The topological polar surface area (TPSA) is 42.4 Å². The van der Waals surface area contributed by atoms with Gasteiger partial charge in [0.25, 0.3) is 5.91 Å². The molecule has 0 saturated carbocycles. The van der Waals surface area contributed by atoms with Crippen molar-refractivity contribution in [1.82, 2.24) is 9.88 Å². The lowest BCUT2D eigenvalue weighted by Gasteiger charge is -2.13.